The van der Waals surface area contributed by atoms with Gasteiger partial charge < -0.3 is 10.5 Å². The van der Waals surface area contributed by atoms with E-state index >= 15 is 0 Å². The molecule has 17 heavy (non-hydrogen) atoms. The number of carbonyl (C=O) groups is 1. The van der Waals surface area contributed by atoms with Crippen molar-refractivity contribution in [1.29, 1.82) is 0 Å². The third-order valence-electron chi connectivity index (χ3n) is 2.75. The number of nitrogens with two attached hydrogens (primary N) is 1. The van der Waals surface area contributed by atoms with Gasteiger partial charge in [0.2, 0.25) is 0 Å². The molecule has 0 aromatic carbocycles. The molecule has 3 N–H and O–H groups in total. The normalized spacial score (nSPS) is 17.1. The molecule has 1 aromatic heterocycles. The zero-order valence-corrected chi connectivity index (χ0v) is 10.1. The zero-order chi connectivity index (χ0) is 12.4. The molecule has 2 heterocycles. The van der Waals surface area contributed by atoms with Crippen molar-refractivity contribution in [1.82, 2.24) is 20.2 Å². The fourth-order valence-electron chi connectivity index (χ4n) is 1.82. The van der Waals surface area contributed by atoms with Crippen LogP contribution in [0, 0.1) is 6.92 Å². The summed E-state index contributed by atoms with van der Waals surface area (Å²) in [5, 5.41) is 5.94. The summed E-state index contributed by atoms with van der Waals surface area (Å²) in [5.41, 5.74) is 10.1. The molecule has 2 rings (SSSR count). The Balaban J connectivity index is 2.08. The number of carbonyl (C=O) groups excluding carboxylic acids is 1. The number of nitrogens with zero attached hydrogens (tertiary/aromatic N) is 3. The highest BCUT2D eigenvalue weighted by Crippen LogP contribution is 2.14. The summed E-state index contributed by atoms with van der Waals surface area (Å²) in [6, 6.07) is 0. The first-order valence-electron chi connectivity index (χ1n) is 5.52. The first-order chi connectivity index (χ1) is 8.09. The quantitative estimate of drug-likeness (QED) is 0.712. The lowest BCUT2D eigenvalue weighted by Gasteiger charge is -2.26. The summed E-state index contributed by atoms with van der Waals surface area (Å²) in [7, 11) is 1.71. The van der Waals surface area contributed by atoms with Gasteiger partial charge in [-0.2, -0.15) is 5.10 Å². The van der Waals surface area contributed by atoms with Crippen LogP contribution in [-0.4, -0.2) is 47.0 Å². The summed E-state index contributed by atoms with van der Waals surface area (Å²) in [5.74, 6) is -0.229. The van der Waals surface area contributed by atoms with Crippen LogP contribution in [0.1, 0.15) is 16.2 Å². The van der Waals surface area contributed by atoms with Gasteiger partial charge in [0.15, 0.2) is 5.69 Å². The van der Waals surface area contributed by atoms with E-state index in [0.29, 0.717) is 43.4 Å². The Morgan fingerprint density at radius 3 is 2.65 bits per heavy atom. The predicted octanol–water partition coefficient (Wildman–Crippen LogP) is -0.712. The number of hydrogen-bond acceptors (Lipinski definition) is 5. The second kappa shape index (κ2) is 4.72. The number of amides is 1. The Bertz CT molecular complexity index is 423. The van der Waals surface area contributed by atoms with Gasteiger partial charge in [-0.05, 0) is 6.92 Å². The van der Waals surface area contributed by atoms with E-state index in [0.717, 1.165) is 0 Å². The Hall–Kier alpha value is -1.60. The molecule has 0 spiro atoms. The second-order valence-corrected chi connectivity index (χ2v) is 4.01. The number of rotatable bonds is 2. The Kier molecular flexibility index (Phi) is 3.30. The van der Waals surface area contributed by atoms with Gasteiger partial charge in [0, 0.05) is 20.1 Å². The standard InChI is InChI=1S/C10H17N5O2/c1-7-8(11)9(14(2)12-7)10(16)13-15-3-5-17-6-4-15/h3-6,11H2,1-2H3,(H,13,16). The van der Waals surface area contributed by atoms with Crippen LogP contribution < -0.4 is 11.2 Å². The maximum absolute atomic E-state index is 12.0. The summed E-state index contributed by atoms with van der Waals surface area (Å²) in [6.45, 7) is 4.39. The topological polar surface area (TPSA) is 85.4 Å². The van der Waals surface area contributed by atoms with Crippen LogP contribution in [0.4, 0.5) is 5.69 Å². The maximum atomic E-state index is 12.0. The highest BCUT2D eigenvalue weighted by molar-refractivity contribution is 5.97. The van der Waals surface area contributed by atoms with Crippen LogP contribution in [0.15, 0.2) is 0 Å². The summed E-state index contributed by atoms with van der Waals surface area (Å²) in [6.07, 6.45) is 0. The zero-order valence-electron chi connectivity index (χ0n) is 10.1. The third kappa shape index (κ3) is 2.40. The minimum absolute atomic E-state index is 0.229. The first-order valence-corrected chi connectivity index (χ1v) is 5.52. The molecule has 1 aromatic rings. The number of ether oxygens (including phenoxy) is 1. The Morgan fingerprint density at radius 2 is 2.12 bits per heavy atom. The van der Waals surface area contributed by atoms with Crippen molar-refractivity contribution < 1.29 is 9.53 Å². The van der Waals surface area contributed by atoms with E-state index in [1.54, 1.807) is 14.0 Å². The van der Waals surface area contributed by atoms with Crippen LogP contribution in [-0.2, 0) is 11.8 Å². The third-order valence-corrected chi connectivity index (χ3v) is 2.75. The smallest absolute Gasteiger partial charge is 0.285 e. The summed E-state index contributed by atoms with van der Waals surface area (Å²) >= 11 is 0. The van der Waals surface area contributed by atoms with Gasteiger partial charge >= 0.3 is 0 Å². The molecule has 7 nitrogen and oxygen atoms in total. The van der Waals surface area contributed by atoms with Crippen molar-refractivity contribution in [3.05, 3.63) is 11.4 Å². The molecular weight excluding hydrogens is 222 g/mol. The van der Waals surface area contributed by atoms with E-state index in [-0.39, 0.29) is 5.91 Å². The van der Waals surface area contributed by atoms with Crippen molar-refractivity contribution in [3.8, 4) is 0 Å². The van der Waals surface area contributed by atoms with Gasteiger partial charge in [-0.25, -0.2) is 5.01 Å². The molecule has 0 saturated carbocycles. The summed E-state index contributed by atoms with van der Waals surface area (Å²) in [4.78, 5) is 12.0. The number of aromatic nitrogens is 2. The van der Waals surface area contributed by atoms with Crippen LogP contribution in [0.25, 0.3) is 0 Å². The highest BCUT2D eigenvalue weighted by atomic mass is 16.5. The number of hydrazine groups is 1. The number of hydrogen-bond donors (Lipinski definition) is 2. The lowest BCUT2D eigenvalue weighted by Crippen LogP contribution is -2.48. The predicted molar refractivity (Wildman–Crippen MR) is 62.2 cm³/mol. The van der Waals surface area contributed by atoms with Gasteiger partial charge in [-0.1, -0.05) is 0 Å². The maximum Gasteiger partial charge on any atom is 0.285 e. The Morgan fingerprint density at radius 1 is 1.47 bits per heavy atom. The van der Waals surface area contributed by atoms with Crippen molar-refractivity contribution in [2.75, 3.05) is 32.0 Å². The minimum Gasteiger partial charge on any atom is -0.395 e. The fraction of sp³-hybridized carbons (Fsp3) is 0.600. The number of nitrogen functional groups attached to an aromatic ring is 1. The lowest BCUT2D eigenvalue weighted by molar-refractivity contribution is 0.0123. The molecular formula is C10H17N5O2. The molecule has 94 valence electrons. The largest absolute Gasteiger partial charge is 0.395 e. The van der Waals surface area contributed by atoms with E-state index in [9.17, 15) is 4.79 Å². The van der Waals surface area contributed by atoms with Gasteiger partial charge in [-0.15, -0.1) is 0 Å². The minimum atomic E-state index is -0.229. The number of aryl methyl sites for hydroxylation is 2. The SMILES string of the molecule is Cc1nn(C)c(C(=O)NN2CCOCC2)c1N. The average Bonchev–Trinajstić information content (AvgIpc) is 2.54. The molecule has 1 aliphatic heterocycles. The van der Waals surface area contributed by atoms with Crippen molar-refractivity contribution in [2.45, 2.75) is 6.92 Å². The molecule has 0 atom stereocenters. The highest BCUT2D eigenvalue weighted by Gasteiger charge is 2.20. The fourth-order valence-corrected chi connectivity index (χ4v) is 1.82. The van der Waals surface area contributed by atoms with Gasteiger partial charge in [-0.3, -0.25) is 14.9 Å². The van der Waals surface area contributed by atoms with Crippen molar-refractivity contribution in [3.63, 3.8) is 0 Å². The van der Waals surface area contributed by atoms with E-state index in [2.05, 4.69) is 10.5 Å². The van der Waals surface area contributed by atoms with E-state index in [1.807, 2.05) is 5.01 Å². The molecule has 0 aliphatic carbocycles. The van der Waals surface area contributed by atoms with Crippen LogP contribution in [0.3, 0.4) is 0 Å². The number of anilines is 1. The van der Waals surface area contributed by atoms with Crippen LogP contribution >= 0.6 is 0 Å². The van der Waals surface area contributed by atoms with Crippen LogP contribution in [0.2, 0.25) is 0 Å². The van der Waals surface area contributed by atoms with E-state index < -0.39 is 0 Å². The number of nitrogens with one attached hydrogen (secondary N) is 1. The van der Waals surface area contributed by atoms with Crippen molar-refractivity contribution >= 4 is 11.6 Å². The van der Waals surface area contributed by atoms with Crippen LogP contribution in [0.5, 0.6) is 0 Å². The molecule has 1 amide bonds. The summed E-state index contributed by atoms with van der Waals surface area (Å²) < 4.78 is 6.70. The Labute approximate surface area is 99.5 Å². The molecule has 0 bridgehead atoms. The van der Waals surface area contributed by atoms with Gasteiger partial charge in [0.1, 0.15) is 0 Å². The lowest BCUT2D eigenvalue weighted by atomic mass is 10.3. The second-order valence-electron chi connectivity index (χ2n) is 4.01. The van der Waals surface area contributed by atoms with Crippen molar-refractivity contribution in [2.24, 2.45) is 7.05 Å². The van der Waals surface area contributed by atoms with E-state index in [1.165, 1.54) is 4.68 Å². The van der Waals surface area contributed by atoms with Gasteiger partial charge in [0.25, 0.3) is 5.91 Å². The molecule has 1 saturated heterocycles. The monoisotopic (exact) mass is 239 g/mol. The number of morpholine rings is 1. The average molecular weight is 239 g/mol. The molecule has 0 unspecified atom stereocenters. The molecule has 1 aliphatic rings. The first kappa shape index (κ1) is 11.9. The van der Waals surface area contributed by atoms with E-state index in [4.69, 9.17) is 10.5 Å². The molecule has 0 radical (unpaired) electrons. The molecule has 7 heteroatoms. The molecule has 1 fully saturated rings. The van der Waals surface area contributed by atoms with Gasteiger partial charge in [0.05, 0.1) is 24.6 Å².